The molecule has 1 N–H and O–H groups in total. The lowest BCUT2D eigenvalue weighted by molar-refractivity contribution is 0.102. The fraction of sp³-hybridized carbons (Fsp3) is 0.300. The van der Waals surface area contributed by atoms with Crippen LogP contribution in [0.15, 0.2) is 42.5 Å². The highest BCUT2D eigenvalue weighted by molar-refractivity contribution is 6.04. The maximum Gasteiger partial charge on any atom is 0.324 e. The first-order chi connectivity index (χ1) is 13.0. The van der Waals surface area contributed by atoms with Gasteiger partial charge in [0, 0.05) is 37.1 Å². The number of carbonyl (C=O) groups is 2. The van der Waals surface area contributed by atoms with Crippen LogP contribution in [-0.2, 0) is 0 Å². The van der Waals surface area contributed by atoms with E-state index < -0.39 is 0 Å². The van der Waals surface area contributed by atoms with Crippen LogP contribution < -0.4 is 19.7 Å². The molecule has 27 heavy (non-hydrogen) atoms. The fourth-order valence-corrected chi connectivity index (χ4v) is 3.01. The molecule has 142 valence electrons. The summed E-state index contributed by atoms with van der Waals surface area (Å²) in [6.45, 7) is 1.47. The number of anilines is 2. The van der Waals surface area contributed by atoms with Crippen LogP contribution >= 0.6 is 0 Å². The van der Waals surface area contributed by atoms with Crippen molar-refractivity contribution in [1.29, 1.82) is 0 Å². The summed E-state index contributed by atoms with van der Waals surface area (Å²) in [6.07, 6.45) is 0.931. The largest absolute Gasteiger partial charge is 0.493 e. The van der Waals surface area contributed by atoms with E-state index in [9.17, 15) is 9.59 Å². The molecule has 0 aliphatic carbocycles. The van der Waals surface area contributed by atoms with Gasteiger partial charge >= 0.3 is 6.03 Å². The van der Waals surface area contributed by atoms with Gasteiger partial charge in [-0.3, -0.25) is 9.69 Å². The summed E-state index contributed by atoms with van der Waals surface area (Å²) in [6, 6.07) is 12.2. The third kappa shape index (κ3) is 3.97. The van der Waals surface area contributed by atoms with E-state index in [1.807, 2.05) is 12.1 Å². The van der Waals surface area contributed by atoms with Crippen molar-refractivity contribution in [3.05, 3.63) is 48.0 Å². The summed E-state index contributed by atoms with van der Waals surface area (Å²) in [5.41, 5.74) is 1.93. The molecular weight excluding hydrogens is 346 g/mol. The first kappa shape index (κ1) is 18.6. The fourth-order valence-electron chi connectivity index (χ4n) is 3.01. The van der Waals surface area contributed by atoms with Crippen molar-refractivity contribution in [3.63, 3.8) is 0 Å². The zero-order chi connectivity index (χ0) is 19.4. The zero-order valence-corrected chi connectivity index (χ0v) is 15.7. The zero-order valence-electron chi connectivity index (χ0n) is 15.7. The SMILES string of the molecule is COc1ccc(C(=O)Nc2ccc(N3CCCN(C)C3=O)cc2)cc1OC. The summed E-state index contributed by atoms with van der Waals surface area (Å²) in [7, 11) is 4.87. The number of nitrogens with zero attached hydrogens (tertiary/aromatic N) is 2. The molecule has 0 radical (unpaired) electrons. The molecule has 3 rings (SSSR count). The van der Waals surface area contributed by atoms with Crippen LogP contribution in [0.5, 0.6) is 11.5 Å². The topological polar surface area (TPSA) is 71.1 Å². The number of urea groups is 1. The molecule has 7 heteroatoms. The number of ether oxygens (including phenoxy) is 2. The molecule has 1 saturated heterocycles. The van der Waals surface area contributed by atoms with Gasteiger partial charge in [0.25, 0.3) is 5.91 Å². The molecule has 2 aromatic carbocycles. The van der Waals surface area contributed by atoms with E-state index in [-0.39, 0.29) is 11.9 Å². The maximum absolute atomic E-state index is 12.5. The summed E-state index contributed by atoms with van der Waals surface area (Å²) >= 11 is 0. The molecule has 0 saturated carbocycles. The minimum absolute atomic E-state index is 0.0108. The molecule has 1 aliphatic rings. The van der Waals surface area contributed by atoms with E-state index in [1.165, 1.54) is 7.11 Å². The lowest BCUT2D eigenvalue weighted by Gasteiger charge is -2.33. The van der Waals surface area contributed by atoms with E-state index in [0.29, 0.717) is 29.3 Å². The third-order valence-corrected chi connectivity index (χ3v) is 4.52. The Hall–Kier alpha value is -3.22. The molecule has 0 bridgehead atoms. The van der Waals surface area contributed by atoms with Crippen LogP contribution in [0, 0.1) is 0 Å². The van der Waals surface area contributed by atoms with Gasteiger partial charge in [0.05, 0.1) is 14.2 Å². The Morgan fingerprint density at radius 3 is 2.37 bits per heavy atom. The molecule has 0 spiro atoms. The molecule has 0 unspecified atom stereocenters. The van der Waals surface area contributed by atoms with Crippen LogP contribution in [0.25, 0.3) is 0 Å². The van der Waals surface area contributed by atoms with Crippen LogP contribution in [-0.4, -0.2) is 51.2 Å². The number of carbonyl (C=O) groups excluding carboxylic acids is 2. The predicted molar refractivity (Wildman–Crippen MR) is 104 cm³/mol. The highest BCUT2D eigenvalue weighted by Gasteiger charge is 2.23. The summed E-state index contributed by atoms with van der Waals surface area (Å²) in [5.74, 6) is 0.806. The molecule has 7 nitrogen and oxygen atoms in total. The van der Waals surface area contributed by atoms with Crippen molar-refractivity contribution in [2.24, 2.45) is 0 Å². The lowest BCUT2D eigenvalue weighted by atomic mass is 10.1. The number of nitrogens with one attached hydrogen (secondary N) is 1. The molecule has 0 aromatic heterocycles. The van der Waals surface area contributed by atoms with Crippen molar-refractivity contribution in [3.8, 4) is 11.5 Å². The summed E-state index contributed by atoms with van der Waals surface area (Å²) < 4.78 is 10.4. The molecule has 2 aromatic rings. The number of hydrogen-bond donors (Lipinski definition) is 1. The number of benzene rings is 2. The monoisotopic (exact) mass is 369 g/mol. The van der Waals surface area contributed by atoms with Gasteiger partial charge in [-0.25, -0.2) is 4.79 Å². The minimum atomic E-state index is -0.252. The third-order valence-electron chi connectivity index (χ3n) is 4.52. The van der Waals surface area contributed by atoms with E-state index in [0.717, 1.165) is 18.7 Å². The smallest absolute Gasteiger partial charge is 0.324 e. The van der Waals surface area contributed by atoms with Gasteiger partial charge in [-0.15, -0.1) is 0 Å². The minimum Gasteiger partial charge on any atom is -0.493 e. The van der Waals surface area contributed by atoms with Crippen molar-refractivity contribution >= 4 is 23.3 Å². The van der Waals surface area contributed by atoms with Crippen molar-refractivity contribution < 1.29 is 19.1 Å². The molecule has 0 atom stereocenters. The highest BCUT2D eigenvalue weighted by Crippen LogP contribution is 2.28. The Balaban J connectivity index is 1.71. The maximum atomic E-state index is 12.5. The van der Waals surface area contributed by atoms with E-state index in [2.05, 4.69) is 5.32 Å². The van der Waals surface area contributed by atoms with Crippen LogP contribution in [0.3, 0.4) is 0 Å². The second-order valence-corrected chi connectivity index (χ2v) is 6.28. The van der Waals surface area contributed by atoms with Gasteiger partial charge in [0.1, 0.15) is 0 Å². The lowest BCUT2D eigenvalue weighted by Crippen LogP contribution is -2.47. The predicted octanol–water partition coefficient (Wildman–Crippen LogP) is 3.22. The standard InChI is InChI=1S/C20H23N3O4/c1-22-11-4-12-23(20(22)25)16-8-6-15(7-9-16)21-19(24)14-5-10-17(26-2)18(13-14)27-3/h5-10,13H,4,11-12H2,1-3H3,(H,21,24). The molecule has 3 amide bonds. The number of hydrogen-bond acceptors (Lipinski definition) is 4. The first-order valence-corrected chi connectivity index (χ1v) is 8.69. The van der Waals surface area contributed by atoms with Crippen LogP contribution in [0.1, 0.15) is 16.8 Å². The van der Waals surface area contributed by atoms with E-state index in [4.69, 9.17) is 9.47 Å². The Morgan fingerprint density at radius 1 is 1.00 bits per heavy atom. The van der Waals surface area contributed by atoms with Crippen molar-refractivity contribution in [2.75, 3.05) is 44.6 Å². The second-order valence-electron chi connectivity index (χ2n) is 6.28. The molecule has 1 heterocycles. The quantitative estimate of drug-likeness (QED) is 0.878. The van der Waals surface area contributed by atoms with Crippen molar-refractivity contribution in [2.45, 2.75) is 6.42 Å². The van der Waals surface area contributed by atoms with Crippen LogP contribution in [0.2, 0.25) is 0 Å². The van der Waals surface area contributed by atoms with E-state index in [1.54, 1.807) is 54.3 Å². The Kier molecular flexibility index (Phi) is 5.49. The average molecular weight is 369 g/mol. The summed E-state index contributed by atoms with van der Waals surface area (Å²) in [4.78, 5) is 28.2. The number of methoxy groups -OCH3 is 2. The van der Waals surface area contributed by atoms with E-state index >= 15 is 0 Å². The van der Waals surface area contributed by atoms with Crippen LogP contribution in [0.4, 0.5) is 16.2 Å². The van der Waals surface area contributed by atoms with Gasteiger partial charge in [-0.1, -0.05) is 0 Å². The number of rotatable bonds is 5. The van der Waals surface area contributed by atoms with Gasteiger partial charge in [0.2, 0.25) is 0 Å². The molecule has 1 aliphatic heterocycles. The van der Waals surface area contributed by atoms with Crippen molar-refractivity contribution in [1.82, 2.24) is 4.90 Å². The van der Waals surface area contributed by atoms with Gasteiger partial charge in [-0.05, 0) is 48.9 Å². The Morgan fingerprint density at radius 2 is 1.70 bits per heavy atom. The average Bonchev–Trinajstić information content (AvgIpc) is 2.70. The second kappa shape index (κ2) is 7.99. The normalized spacial score (nSPS) is 14.1. The molecular formula is C20H23N3O4. The summed E-state index contributed by atoms with van der Waals surface area (Å²) in [5, 5.41) is 2.85. The van der Waals surface area contributed by atoms with Gasteiger partial charge in [-0.2, -0.15) is 0 Å². The van der Waals surface area contributed by atoms with Gasteiger partial charge in [0.15, 0.2) is 11.5 Å². The molecule has 1 fully saturated rings. The highest BCUT2D eigenvalue weighted by atomic mass is 16.5. The number of amides is 3. The first-order valence-electron chi connectivity index (χ1n) is 8.69. The Labute approximate surface area is 158 Å². The van der Waals surface area contributed by atoms with Gasteiger partial charge < -0.3 is 19.7 Å². The Bertz CT molecular complexity index is 836.